The summed E-state index contributed by atoms with van der Waals surface area (Å²) in [6, 6.07) is 21.9. The van der Waals surface area contributed by atoms with Crippen LogP contribution in [0.5, 0.6) is 5.75 Å². The van der Waals surface area contributed by atoms with Crippen molar-refractivity contribution < 1.29 is 4.74 Å². The number of ether oxygens (including phenoxy) is 1. The Morgan fingerprint density at radius 3 is 2.14 bits per heavy atom. The molecule has 0 radical (unpaired) electrons. The van der Waals surface area contributed by atoms with Crippen molar-refractivity contribution in [3.63, 3.8) is 0 Å². The standard InChI is InChI=1S/C24H22Cl2N2O/c1-3-29-21-14-15(2)4-13-20(21)24-27-22(16-5-9-18(25)10-6-16)23(28-24)17-7-11-19(26)12-8-17/h4-14,22-23H,3H2,1-2H3,(H,27,28)/t22-,23+. The van der Waals surface area contributed by atoms with Crippen LogP contribution in [0.25, 0.3) is 0 Å². The summed E-state index contributed by atoms with van der Waals surface area (Å²) in [7, 11) is 0. The Balaban J connectivity index is 1.77. The van der Waals surface area contributed by atoms with Gasteiger partial charge in [-0.05, 0) is 66.9 Å². The molecule has 0 aliphatic carbocycles. The van der Waals surface area contributed by atoms with Gasteiger partial charge in [0.1, 0.15) is 17.6 Å². The molecule has 1 N–H and O–H groups in total. The number of hydrogen-bond acceptors (Lipinski definition) is 3. The summed E-state index contributed by atoms with van der Waals surface area (Å²) in [6.45, 7) is 4.65. The van der Waals surface area contributed by atoms with Gasteiger partial charge in [0.25, 0.3) is 0 Å². The summed E-state index contributed by atoms with van der Waals surface area (Å²) >= 11 is 12.2. The van der Waals surface area contributed by atoms with E-state index in [1.54, 1.807) is 0 Å². The van der Waals surface area contributed by atoms with E-state index >= 15 is 0 Å². The SMILES string of the molecule is CCOc1cc(C)ccc1C1=N[C@@H](c2ccc(Cl)cc2)[C@@H](c2ccc(Cl)cc2)N1. The smallest absolute Gasteiger partial charge is 0.133 e. The lowest BCUT2D eigenvalue weighted by atomic mass is 9.95. The lowest BCUT2D eigenvalue weighted by molar-refractivity contribution is 0.339. The minimum atomic E-state index is -0.0841. The normalized spacial score (nSPS) is 18.3. The molecule has 3 nitrogen and oxygen atoms in total. The van der Waals surface area contributed by atoms with Gasteiger partial charge in [-0.3, -0.25) is 4.99 Å². The summed E-state index contributed by atoms with van der Waals surface area (Å²) in [5.41, 5.74) is 4.34. The highest BCUT2D eigenvalue weighted by Gasteiger charge is 2.32. The fourth-order valence-corrected chi connectivity index (χ4v) is 3.84. The molecule has 0 saturated carbocycles. The molecule has 2 atom stereocenters. The number of aliphatic imine (C=N–C) groups is 1. The van der Waals surface area contributed by atoms with Crippen LogP contribution in [0.2, 0.25) is 10.0 Å². The molecule has 29 heavy (non-hydrogen) atoms. The molecule has 148 valence electrons. The van der Waals surface area contributed by atoms with Gasteiger partial charge in [0.05, 0.1) is 18.2 Å². The second-order valence-corrected chi connectivity index (χ2v) is 7.95. The Morgan fingerprint density at radius 2 is 1.52 bits per heavy atom. The van der Waals surface area contributed by atoms with Crippen LogP contribution >= 0.6 is 23.2 Å². The maximum atomic E-state index is 6.10. The van der Waals surface area contributed by atoms with Crippen LogP contribution in [0.3, 0.4) is 0 Å². The van der Waals surface area contributed by atoms with E-state index < -0.39 is 0 Å². The molecule has 0 bridgehead atoms. The fourth-order valence-electron chi connectivity index (χ4n) is 3.59. The molecule has 0 amide bonds. The Kier molecular flexibility index (Phi) is 5.79. The molecule has 3 aromatic carbocycles. The third kappa shape index (κ3) is 4.26. The molecular formula is C24H22Cl2N2O. The molecule has 0 spiro atoms. The summed E-state index contributed by atoms with van der Waals surface area (Å²) in [6.07, 6.45) is 0. The average Bonchev–Trinajstić information content (AvgIpc) is 3.14. The number of rotatable bonds is 5. The van der Waals surface area contributed by atoms with Crippen LogP contribution in [0, 0.1) is 6.92 Å². The monoisotopic (exact) mass is 424 g/mol. The van der Waals surface area contributed by atoms with Gasteiger partial charge < -0.3 is 10.1 Å². The van der Waals surface area contributed by atoms with E-state index in [9.17, 15) is 0 Å². The van der Waals surface area contributed by atoms with Crippen molar-refractivity contribution in [2.75, 3.05) is 6.61 Å². The first-order valence-electron chi connectivity index (χ1n) is 9.64. The number of hydrogen-bond donors (Lipinski definition) is 1. The van der Waals surface area contributed by atoms with E-state index in [0.717, 1.165) is 33.8 Å². The molecule has 0 aromatic heterocycles. The molecule has 0 fully saturated rings. The number of benzene rings is 3. The lowest BCUT2D eigenvalue weighted by Gasteiger charge is -2.20. The highest BCUT2D eigenvalue weighted by Crippen LogP contribution is 2.39. The van der Waals surface area contributed by atoms with Crippen LogP contribution < -0.4 is 10.1 Å². The topological polar surface area (TPSA) is 33.6 Å². The fraction of sp³-hybridized carbons (Fsp3) is 0.208. The summed E-state index contributed by atoms with van der Waals surface area (Å²) < 4.78 is 5.89. The molecule has 1 aliphatic rings. The van der Waals surface area contributed by atoms with Gasteiger partial charge >= 0.3 is 0 Å². The Morgan fingerprint density at radius 1 is 0.897 bits per heavy atom. The van der Waals surface area contributed by atoms with Crippen molar-refractivity contribution in [2.45, 2.75) is 25.9 Å². The summed E-state index contributed by atoms with van der Waals surface area (Å²) in [5.74, 6) is 1.67. The van der Waals surface area contributed by atoms with Crippen molar-refractivity contribution in [3.8, 4) is 5.75 Å². The van der Waals surface area contributed by atoms with Crippen LogP contribution in [0.4, 0.5) is 0 Å². The molecule has 4 rings (SSSR count). The van der Waals surface area contributed by atoms with Gasteiger partial charge in [0.15, 0.2) is 0 Å². The first-order chi connectivity index (χ1) is 14.0. The van der Waals surface area contributed by atoms with Gasteiger partial charge in [-0.2, -0.15) is 0 Å². The zero-order valence-corrected chi connectivity index (χ0v) is 17.8. The van der Waals surface area contributed by atoms with Crippen molar-refractivity contribution in [3.05, 3.63) is 99.0 Å². The number of aryl methyl sites for hydroxylation is 1. The molecule has 0 unspecified atom stereocenters. The first-order valence-corrected chi connectivity index (χ1v) is 10.4. The highest BCUT2D eigenvalue weighted by atomic mass is 35.5. The summed E-state index contributed by atoms with van der Waals surface area (Å²) in [5, 5.41) is 5.05. The van der Waals surface area contributed by atoms with Crippen molar-refractivity contribution in [1.82, 2.24) is 5.32 Å². The van der Waals surface area contributed by atoms with Gasteiger partial charge in [-0.15, -0.1) is 0 Å². The first kappa shape index (κ1) is 19.8. The van der Waals surface area contributed by atoms with Crippen molar-refractivity contribution in [1.29, 1.82) is 0 Å². The largest absolute Gasteiger partial charge is 0.493 e. The van der Waals surface area contributed by atoms with Gasteiger partial charge in [-0.1, -0.05) is 53.5 Å². The molecule has 1 aliphatic heterocycles. The predicted octanol–water partition coefficient (Wildman–Crippen LogP) is 6.53. The third-order valence-corrected chi connectivity index (χ3v) is 5.51. The Bertz CT molecular complexity index is 1030. The van der Waals surface area contributed by atoms with Gasteiger partial charge in [0.2, 0.25) is 0 Å². The van der Waals surface area contributed by atoms with E-state index in [-0.39, 0.29) is 12.1 Å². The van der Waals surface area contributed by atoms with Crippen LogP contribution in [0.1, 0.15) is 41.3 Å². The van der Waals surface area contributed by atoms with E-state index in [0.29, 0.717) is 16.7 Å². The number of nitrogens with one attached hydrogen (secondary N) is 1. The highest BCUT2D eigenvalue weighted by molar-refractivity contribution is 6.30. The molecule has 3 aromatic rings. The Hall–Kier alpha value is -2.49. The Labute approximate surface area is 181 Å². The zero-order chi connectivity index (χ0) is 20.4. The average molecular weight is 425 g/mol. The van der Waals surface area contributed by atoms with Crippen molar-refractivity contribution in [2.24, 2.45) is 4.99 Å². The molecule has 5 heteroatoms. The second kappa shape index (κ2) is 8.48. The van der Waals surface area contributed by atoms with E-state index in [4.69, 9.17) is 32.9 Å². The maximum absolute atomic E-state index is 6.10. The van der Waals surface area contributed by atoms with Gasteiger partial charge in [0, 0.05) is 10.0 Å². The molecular weight excluding hydrogens is 403 g/mol. The zero-order valence-electron chi connectivity index (χ0n) is 16.3. The molecule has 0 saturated heterocycles. The summed E-state index contributed by atoms with van der Waals surface area (Å²) in [4.78, 5) is 5.06. The number of amidine groups is 1. The van der Waals surface area contributed by atoms with E-state index in [1.165, 1.54) is 0 Å². The third-order valence-electron chi connectivity index (χ3n) is 5.01. The van der Waals surface area contributed by atoms with Crippen LogP contribution in [-0.2, 0) is 0 Å². The second-order valence-electron chi connectivity index (χ2n) is 7.08. The lowest BCUT2D eigenvalue weighted by Crippen LogP contribution is -2.25. The number of nitrogens with zero attached hydrogens (tertiary/aromatic N) is 1. The minimum Gasteiger partial charge on any atom is -0.493 e. The predicted molar refractivity (Wildman–Crippen MR) is 120 cm³/mol. The van der Waals surface area contributed by atoms with Crippen LogP contribution in [-0.4, -0.2) is 12.4 Å². The van der Waals surface area contributed by atoms with Gasteiger partial charge in [-0.25, -0.2) is 0 Å². The maximum Gasteiger partial charge on any atom is 0.133 e. The quantitative estimate of drug-likeness (QED) is 0.504. The van der Waals surface area contributed by atoms with Crippen molar-refractivity contribution >= 4 is 29.0 Å². The van der Waals surface area contributed by atoms with E-state index in [2.05, 4.69) is 30.4 Å². The van der Waals surface area contributed by atoms with E-state index in [1.807, 2.05) is 55.5 Å². The molecule has 1 heterocycles. The minimum absolute atomic E-state index is 0.0146. The number of halogens is 2. The van der Waals surface area contributed by atoms with Crippen LogP contribution in [0.15, 0.2) is 71.7 Å².